The summed E-state index contributed by atoms with van der Waals surface area (Å²) >= 11 is 1.77. The van der Waals surface area contributed by atoms with E-state index >= 15 is 0 Å². The number of rotatable bonds is 5. The SMILES string of the molecule is Br.c1ccc(C(Sc2nccn2-c2ccccc2)c2ccccc2)cc1. The van der Waals surface area contributed by atoms with Gasteiger partial charge in [-0.25, -0.2) is 4.98 Å². The zero-order valence-corrected chi connectivity index (χ0v) is 16.6. The second-order valence-electron chi connectivity index (χ2n) is 5.73. The van der Waals surface area contributed by atoms with Crippen LogP contribution in [0, 0.1) is 0 Å². The molecule has 1 heterocycles. The van der Waals surface area contributed by atoms with Crippen molar-refractivity contribution >= 4 is 28.7 Å². The number of hydrogen-bond acceptors (Lipinski definition) is 2. The molecule has 0 fully saturated rings. The van der Waals surface area contributed by atoms with Gasteiger partial charge in [0.1, 0.15) is 0 Å². The molecule has 2 nitrogen and oxygen atoms in total. The van der Waals surface area contributed by atoms with E-state index < -0.39 is 0 Å². The predicted octanol–water partition coefficient (Wildman–Crippen LogP) is 6.33. The number of thioether (sulfide) groups is 1. The average Bonchev–Trinajstić information content (AvgIpc) is 3.16. The first-order chi connectivity index (χ1) is 12.4. The molecule has 0 unspecified atom stereocenters. The Morgan fingerprint density at radius 3 is 1.73 bits per heavy atom. The molecule has 0 aliphatic heterocycles. The van der Waals surface area contributed by atoms with Gasteiger partial charge in [0.2, 0.25) is 0 Å². The standard InChI is InChI=1S/C22H18N2S.BrH/c1-4-10-18(11-5-1)21(19-12-6-2-7-13-19)25-22-23-16-17-24(22)20-14-8-3-9-15-20;/h1-17,21H;1H. The molecule has 0 spiro atoms. The number of benzene rings is 3. The van der Waals surface area contributed by atoms with Gasteiger partial charge in [0.05, 0.1) is 5.25 Å². The molecule has 0 saturated heterocycles. The molecule has 3 aromatic carbocycles. The van der Waals surface area contributed by atoms with Crippen LogP contribution >= 0.6 is 28.7 Å². The second-order valence-corrected chi connectivity index (χ2v) is 6.81. The van der Waals surface area contributed by atoms with Crippen LogP contribution in [0.5, 0.6) is 0 Å². The van der Waals surface area contributed by atoms with Crippen LogP contribution in [0.4, 0.5) is 0 Å². The monoisotopic (exact) mass is 422 g/mol. The van der Waals surface area contributed by atoms with Gasteiger partial charge in [-0.3, -0.25) is 4.57 Å². The van der Waals surface area contributed by atoms with Gasteiger partial charge in [0, 0.05) is 18.1 Å². The largest absolute Gasteiger partial charge is 0.295 e. The first-order valence-corrected chi connectivity index (χ1v) is 9.15. The maximum Gasteiger partial charge on any atom is 0.173 e. The van der Waals surface area contributed by atoms with Crippen molar-refractivity contribution in [1.82, 2.24) is 9.55 Å². The molecule has 4 rings (SSSR count). The van der Waals surface area contributed by atoms with Gasteiger partial charge >= 0.3 is 0 Å². The minimum Gasteiger partial charge on any atom is -0.295 e. The van der Waals surface area contributed by atoms with Crippen molar-refractivity contribution in [3.05, 3.63) is 115 Å². The van der Waals surface area contributed by atoms with E-state index in [9.17, 15) is 0 Å². The van der Waals surface area contributed by atoms with E-state index in [1.54, 1.807) is 11.8 Å². The zero-order chi connectivity index (χ0) is 16.9. The third-order valence-corrected chi connectivity index (χ3v) is 5.36. The molecule has 130 valence electrons. The summed E-state index contributed by atoms with van der Waals surface area (Å²) in [5, 5.41) is 1.19. The molecule has 26 heavy (non-hydrogen) atoms. The fourth-order valence-corrected chi connectivity index (χ4v) is 4.05. The fraction of sp³-hybridized carbons (Fsp3) is 0.0455. The number of aromatic nitrogens is 2. The summed E-state index contributed by atoms with van der Waals surface area (Å²) in [6.45, 7) is 0. The maximum absolute atomic E-state index is 4.61. The lowest BCUT2D eigenvalue weighted by molar-refractivity contribution is 0.890. The van der Waals surface area contributed by atoms with Crippen LogP contribution in [0.25, 0.3) is 5.69 Å². The molecule has 0 aliphatic rings. The van der Waals surface area contributed by atoms with E-state index in [0.717, 1.165) is 10.8 Å². The Hall–Kier alpha value is -2.30. The fourth-order valence-electron chi connectivity index (χ4n) is 2.85. The molecule has 0 aliphatic carbocycles. The van der Waals surface area contributed by atoms with Crippen LogP contribution in [0.2, 0.25) is 0 Å². The Balaban J connectivity index is 0.00000196. The molecule has 0 amide bonds. The lowest BCUT2D eigenvalue weighted by Gasteiger charge is -2.18. The molecule has 0 atom stereocenters. The Morgan fingerprint density at radius 2 is 1.19 bits per heavy atom. The van der Waals surface area contributed by atoms with Gasteiger partial charge in [0.15, 0.2) is 5.16 Å². The van der Waals surface area contributed by atoms with E-state index in [0.29, 0.717) is 0 Å². The van der Waals surface area contributed by atoms with Crippen molar-refractivity contribution in [1.29, 1.82) is 0 Å². The van der Waals surface area contributed by atoms with Gasteiger partial charge in [-0.15, -0.1) is 17.0 Å². The second kappa shape index (κ2) is 8.88. The van der Waals surface area contributed by atoms with Crippen molar-refractivity contribution in [3.8, 4) is 5.69 Å². The molecule has 0 bridgehead atoms. The van der Waals surface area contributed by atoms with Gasteiger partial charge in [-0.05, 0) is 23.3 Å². The summed E-state index contributed by atoms with van der Waals surface area (Å²) in [4.78, 5) is 4.61. The molecular weight excluding hydrogens is 404 g/mol. The summed E-state index contributed by atoms with van der Waals surface area (Å²) in [5.74, 6) is 0. The van der Waals surface area contributed by atoms with E-state index in [-0.39, 0.29) is 22.2 Å². The minimum absolute atomic E-state index is 0. The lowest BCUT2D eigenvalue weighted by atomic mass is 10.0. The van der Waals surface area contributed by atoms with E-state index in [4.69, 9.17) is 0 Å². The van der Waals surface area contributed by atoms with E-state index in [2.05, 4.69) is 94.5 Å². The molecule has 0 radical (unpaired) electrons. The normalized spacial score (nSPS) is 10.5. The van der Waals surface area contributed by atoms with Gasteiger partial charge < -0.3 is 0 Å². The zero-order valence-electron chi connectivity index (χ0n) is 14.1. The van der Waals surface area contributed by atoms with Crippen LogP contribution < -0.4 is 0 Å². The highest BCUT2D eigenvalue weighted by atomic mass is 79.9. The summed E-state index contributed by atoms with van der Waals surface area (Å²) in [6, 6.07) is 31.5. The third-order valence-electron chi connectivity index (χ3n) is 4.07. The smallest absolute Gasteiger partial charge is 0.173 e. The number of para-hydroxylation sites is 1. The van der Waals surface area contributed by atoms with Gasteiger partial charge in [-0.2, -0.15) is 0 Å². The molecule has 1 aromatic heterocycles. The predicted molar refractivity (Wildman–Crippen MR) is 114 cm³/mol. The average molecular weight is 423 g/mol. The van der Waals surface area contributed by atoms with Crippen molar-refractivity contribution in [3.63, 3.8) is 0 Å². The topological polar surface area (TPSA) is 17.8 Å². The third kappa shape index (κ3) is 4.09. The number of halogens is 1. The molecular formula is C22H19BrN2S. The Kier molecular flexibility index (Phi) is 6.31. The summed E-state index contributed by atoms with van der Waals surface area (Å²) in [6.07, 6.45) is 3.88. The van der Waals surface area contributed by atoms with Gasteiger partial charge in [0.25, 0.3) is 0 Å². The summed E-state index contributed by atoms with van der Waals surface area (Å²) in [5.41, 5.74) is 3.69. The summed E-state index contributed by atoms with van der Waals surface area (Å²) in [7, 11) is 0. The van der Waals surface area contributed by atoms with Crippen molar-refractivity contribution in [2.24, 2.45) is 0 Å². The van der Waals surface area contributed by atoms with Crippen molar-refractivity contribution in [2.75, 3.05) is 0 Å². The van der Waals surface area contributed by atoms with Crippen LogP contribution in [0.15, 0.2) is 109 Å². The molecule has 4 heteroatoms. The minimum atomic E-state index is 0. The van der Waals surface area contributed by atoms with Crippen molar-refractivity contribution in [2.45, 2.75) is 10.4 Å². The first-order valence-electron chi connectivity index (χ1n) is 8.27. The lowest BCUT2D eigenvalue weighted by Crippen LogP contribution is -2.01. The number of nitrogens with zero attached hydrogens (tertiary/aromatic N) is 2. The van der Waals surface area contributed by atoms with Gasteiger partial charge in [-0.1, -0.05) is 90.6 Å². The van der Waals surface area contributed by atoms with Crippen LogP contribution in [0.3, 0.4) is 0 Å². The van der Waals surface area contributed by atoms with Crippen LogP contribution in [-0.2, 0) is 0 Å². The highest BCUT2D eigenvalue weighted by Crippen LogP contribution is 2.40. The number of imidazole rings is 1. The summed E-state index contributed by atoms with van der Waals surface area (Å²) < 4.78 is 2.14. The first kappa shape index (κ1) is 18.5. The Morgan fingerprint density at radius 1 is 0.692 bits per heavy atom. The maximum atomic E-state index is 4.61. The van der Waals surface area contributed by atoms with Crippen LogP contribution in [0.1, 0.15) is 16.4 Å². The Labute approximate surface area is 168 Å². The van der Waals surface area contributed by atoms with E-state index in [1.165, 1.54) is 11.1 Å². The highest BCUT2D eigenvalue weighted by molar-refractivity contribution is 8.93. The van der Waals surface area contributed by atoms with Crippen LogP contribution in [-0.4, -0.2) is 9.55 Å². The van der Waals surface area contributed by atoms with E-state index in [1.807, 2.05) is 18.5 Å². The highest BCUT2D eigenvalue weighted by Gasteiger charge is 2.18. The molecule has 0 saturated carbocycles. The molecule has 0 N–H and O–H groups in total. The quantitative estimate of drug-likeness (QED) is 0.349. The number of hydrogen-bond donors (Lipinski definition) is 0. The molecule has 4 aromatic rings. The Bertz CT molecular complexity index is 885. The van der Waals surface area contributed by atoms with Crippen molar-refractivity contribution < 1.29 is 0 Å².